The molecule has 0 aromatic heterocycles. The van der Waals surface area contributed by atoms with Gasteiger partial charge in [-0.05, 0) is 43.4 Å². The molecule has 0 radical (unpaired) electrons. The van der Waals surface area contributed by atoms with Crippen LogP contribution in [0.1, 0.15) is 25.3 Å². The van der Waals surface area contributed by atoms with E-state index in [1.54, 1.807) is 17.0 Å². The minimum atomic E-state index is -0.774. The standard InChI is InChI=1S/C15H17FN2O2/c1-15(11-4-5-11)14(20)17-8-13(19)18(15)9-10-2-6-12(16)7-3-10/h2-3,6-7,11H,4-5,8-9H2,1H3,(H,17,20). The molecule has 1 saturated heterocycles. The van der Waals surface area contributed by atoms with E-state index in [9.17, 15) is 14.0 Å². The van der Waals surface area contributed by atoms with Gasteiger partial charge in [0.05, 0.1) is 6.54 Å². The Bertz CT molecular complexity index is 553. The molecule has 2 fully saturated rings. The number of carbonyl (C=O) groups excluding carboxylic acids is 2. The smallest absolute Gasteiger partial charge is 0.246 e. The highest BCUT2D eigenvalue weighted by molar-refractivity contribution is 5.98. The normalized spacial score (nSPS) is 26.6. The van der Waals surface area contributed by atoms with Gasteiger partial charge in [-0.1, -0.05) is 12.1 Å². The second-order valence-electron chi connectivity index (χ2n) is 5.71. The summed E-state index contributed by atoms with van der Waals surface area (Å²) < 4.78 is 12.9. The average Bonchev–Trinajstić information content (AvgIpc) is 3.26. The lowest BCUT2D eigenvalue weighted by molar-refractivity contribution is -0.155. The number of nitrogens with one attached hydrogen (secondary N) is 1. The van der Waals surface area contributed by atoms with E-state index in [0.29, 0.717) is 6.54 Å². The lowest BCUT2D eigenvalue weighted by atomic mass is 9.89. The highest BCUT2D eigenvalue weighted by Gasteiger charge is 2.54. The van der Waals surface area contributed by atoms with E-state index in [0.717, 1.165) is 18.4 Å². The minimum Gasteiger partial charge on any atom is -0.345 e. The second kappa shape index (κ2) is 4.58. The summed E-state index contributed by atoms with van der Waals surface area (Å²) >= 11 is 0. The van der Waals surface area contributed by atoms with Crippen LogP contribution in [0.25, 0.3) is 0 Å². The molecule has 5 heteroatoms. The predicted molar refractivity (Wildman–Crippen MR) is 71.1 cm³/mol. The summed E-state index contributed by atoms with van der Waals surface area (Å²) in [6, 6.07) is 6.06. The number of hydrogen-bond donors (Lipinski definition) is 1. The highest BCUT2D eigenvalue weighted by atomic mass is 19.1. The molecular formula is C15H17FN2O2. The van der Waals surface area contributed by atoms with E-state index >= 15 is 0 Å². The van der Waals surface area contributed by atoms with Gasteiger partial charge < -0.3 is 10.2 Å². The number of amides is 2. The number of rotatable bonds is 3. The maximum atomic E-state index is 12.9. The van der Waals surface area contributed by atoms with Crippen LogP contribution in [0.5, 0.6) is 0 Å². The maximum Gasteiger partial charge on any atom is 0.246 e. The van der Waals surface area contributed by atoms with E-state index in [1.807, 2.05) is 6.92 Å². The van der Waals surface area contributed by atoms with E-state index in [-0.39, 0.29) is 30.1 Å². The zero-order chi connectivity index (χ0) is 14.3. The van der Waals surface area contributed by atoms with Crippen LogP contribution in [0.15, 0.2) is 24.3 Å². The lowest BCUT2D eigenvalue weighted by Crippen LogP contribution is -2.66. The van der Waals surface area contributed by atoms with Gasteiger partial charge in [0.1, 0.15) is 11.4 Å². The van der Waals surface area contributed by atoms with Crippen molar-refractivity contribution in [3.8, 4) is 0 Å². The summed E-state index contributed by atoms with van der Waals surface area (Å²) in [4.78, 5) is 26.1. The number of benzene rings is 1. The third-order valence-electron chi connectivity index (χ3n) is 4.35. The van der Waals surface area contributed by atoms with Gasteiger partial charge in [-0.25, -0.2) is 4.39 Å². The third-order valence-corrected chi connectivity index (χ3v) is 4.35. The number of halogens is 1. The minimum absolute atomic E-state index is 0.0440. The Hall–Kier alpha value is -1.91. The molecule has 0 bridgehead atoms. The van der Waals surface area contributed by atoms with E-state index in [1.165, 1.54) is 12.1 Å². The Labute approximate surface area is 117 Å². The highest BCUT2D eigenvalue weighted by Crippen LogP contribution is 2.44. The molecule has 20 heavy (non-hydrogen) atoms. The number of nitrogens with zero attached hydrogens (tertiary/aromatic N) is 1. The fourth-order valence-electron chi connectivity index (χ4n) is 2.89. The molecule has 4 nitrogen and oxygen atoms in total. The quantitative estimate of drug-likeness (QED) is 0.908. The van der Waals surface area contributed by atoms with Crippen molar-refractivity contribution in [2.75, 3.05) is 6.54 Å². The van der Waals surface area contributed by atoms with Crippen LogP contribution in [0.4, 0.5) is 4.39 Å². The van der Waals surface area contributed by atoms with Gasteiger partial charge in [0.25, 0.3) is 0 Å². The molecule has 1 N–H and O–H groups in total. The Morgan fingerprint density at radius 3 is 2.55 bits per heavy atom. The summed E-state index contributed by atoms with van der Waals surface area (Å²) in [5.74, 6) is -0.237. The molecule has 1 atom stereocenters. The maximum absolute atomic E-state index is 12.9. The molecular weight excluding hydrogens is 259 g/mol. The molecule has 3 rings (SSSR count). The van der Waals surface area contributed by atoms with Crippen molar-refractivity contribution in [2.45, 2.75) is 31.8 Å². The molecule has 1 aromatic rings. The van der Waals surface area contributed by atoms with Crippen LogP contribution in [0.2, 0.25) is 0 Å². The van der Waals surface area contributed by atoms with Crippen molar-refractivity contribution in [1.29, 1.82) is 0 Å². The first-order valence-electron chi connectivity index (χ1n) is 6.85. The van der Waals surface area contributed by atoms with Crippen molar-refractivity contribution in [2.24, 2.45) is 5.92 Å². The van der Waals surface area contributed by atoms with Gasteiger partial charge in [-0.2, -0.15) is 0 Å². The SMILES string of the molecule is CC1(C2CC2)C(=O)NCC(=O)N1Cc1ccc(F)cc1. The van der Waals surface area contributed by atoms with Gasteiger partial charge in [0.15, 0.2) is 0 Å². The van der Waals surface area contributed by atoms with Gasteiger partial charge >= 0.3 is 0 Å². The fourth-order valence-corrected chi connectivity index (χ4v) is 2.89. The van der Waals surface area contributed by atoms with Gasteiger partial charge in [0.2, 0.25) is 11.8 Å². The molecule has 1 aliphatic heterocycles. The van der Waals surface area contributed by atoms with Crippen LogP contribution in [0, 0.1) is 11.7 Å². The number of hydrogen-bond acceptors (Lipinski definition) is 2. The third kappa shape index (κ3) is 2.07. The largest absolute Gasteiger partial charge is 0.345 e. The summed E-state index contributed by atoms with van der Waals surface area (Å²) in [7, 11) is 0. The Kier molecular flexibility index (Phi) is 3.00. The Morgan fingerprint density at radius 2 is 1.95 bits per heavy atom. The monoisotopic (exact) mass is 276 g/mol. The van der Waals surface area contributed by atoms with Gasteiger partial charge in [-0.15, -0.1) is 0 Å². The summed E-state index contributed by atoms with van der Waals surface area (Å²) in [5.41, 5.74) is 0.0605. The van der Waals surface area contributed by atoms with Crippen molar-refractivity contribution >= 4 is 11.8 Å². The van der Waals surface area contributed by atoms with Crippen LogP contribution in [0.3, 0.4) is 0 Å². The van der Waals surface area contributed by atoms with Crippen molar-refractivity contribution in [1.82, 2.24) is 10.2 Å². The molecule has 0 spiro atoms. The molecule has 2 aliphatic rings. The number of carbonyl (C=O) groups is 2. The van der Waals surface area contributed by atoms with Crippen molar-refractivity contribution < 1.29 is 14.0 Å². The molecule has 2 amide bonds. The molecule has 1 heterocycles. The van der Waals surface area contributed by atoms with Gasteiger partial charge in [-0.3, -0.25) is 9.59 Å². The lowest BCUT2D eigenvalue weighted by Gasteiger charge is -2.44. The first-order valence-corrected chi connectivity index (χ1v) is 6.85. The van der Waals surface area contributed by atoms with Crippen LogP contribution < -0.4 is 5.32 Å². The Balaban J connectivity index is 1.89. The van der Waals surface area contributed by atoms with Crippen LogP contribution in [-0.4, -0.2) is 28.8 Å². The fraction of sp³-hybridized carbons (Fsp3) is 0.467. The number of piperazine rings is 1. The molecule has 1 saturated carbocycles. The molecule has 106 valence electrons. The van der Waals surface area contributed by atoms with Crippen molar-refractivity contribution in [3.05, 3.63) is 35.6 Å². The summed E-state index contributed by atoms with van der Waals surface area (Å²) in [6.07, 6.45) is 1.94. The molecule has 1 unspecified atom stereocenters. The van der Waals surface area contributed by atoms with Crippen LogP contribution >= 0.6 is 0 Å². The first-order chi connectivity index (χ1) is 9.51. The van der Waals surface area contributed by atoms with Gasteiger partial charge in [0, 0.05) is 6.54 Å². The van der Waals surface area contributed by atoms with Crippen molar-refractivity contribution in [3.63, 3.8) is 0 Å². The zero-order valence-corrected chi connectivity index (χ0v) is 11.4. The van der Waals surface area contributed by atoms with Crippen LogP contribution in [-0.2, 0) is 16.1 Å². The van der Waals surface area contributed by atoms with E-state index in [4.69, 9.17) is 0 Å². The van der Waals surface area contributed by atoms with E-state index < -0.39 is 5.54 Å². The molecule has 1 aliphatic carbocycles. The Morgan fingerprint density at radius 1 is 1.30 bits per heavy atom. The van der Waals surface area contributed by atoms with E-state index in [2.05, 4.69) is 5.32 Å². The predicted octanol–water partition coefficient (Wildman–Crippen LogP) is 1.45. The molecule has 1 aromatic carbocycles. The summed E-state index contributed by atoms with van der Waals surface area (Å²) in [6.45, 7) is 2.22. The average molecular weight is 276 g/mol. The first kappa shape index (κ1) is 13.1. The summed E-state index contributed by atoms with van der Waals surface area (Å²) in [5, 5.41) is 2.68. The zero-order valence-electron chi connectivity index (χ0n) is 11.4. The topological polar surface area (TPSA) is 49.4 Å². The second-order valence-corrected chi connectivity index (χ2v) is 5.71.